The van der Waals surface area contributed by atoms with Crippen molar-refractivity contribution < 1.29 is 0 Å². The van der Waals surface area contributed by atoms with Crippen LogP contribution in [0.5, 0.6) is 0 Å². The molecule has 2 aromatic heterocycles. The summed E-state index contributed by atoms with van der Waals surface area (Å²) < 4.78 is 1.59. The van der Waals surface area contributed by atoms with Gasteiger partial charge in [-0.1, -0.05) is 12.1 Å². The van der Waals surface area contributed by atoms with Gasteiger partial charge in [0, 0.05) is 0 Å². The van der Waals surface area contributed by atoms with Crippen molar-refractivity contribution in [2.24, 2.45) is 0 Å². The Labute approximate surface area is 104 Å². The second-order valence-electron chi connectivity index (χ2n) is 2.82. The number of nitrogens with one attached hydrogen (secondary N) is 1. The Morgan fingerprint density at radius 3 is 1.67 bits per heavy atom. The van der Waals surface area contributed by atoms with E-state index in [-0.39, 0.29) is 0 Å². The molecular formula is C10H7Br2N3. The van der Waals surface area contributed by atoms with Crippen LogP contribution in [0, 0.1) is 0 Å². The first-order valence-electron chi connectivity index (χ1n) is 4.26. The van der Waals surface area contributed by atoms with Gasteiger partial charge in [0.05, 0.1) is 0 Å². The third-order valence-electron chi connectivity index (χ3n) is 1.69. The summed E-state index contributed by atoms with van der Waals surface area (Å²) >= 11 is 6.62. The van der Waals surface area contributed by atoms with E-state index in [1.165, 1.54) is 0 Å². The van der Waals surface area contributed by atoms with Crippen molar-refractivity contribution in [2.45, 2.75) is 0 Å². The van der Waals surface area contributed by atoms with E-state index in [9.17, 15) is 0 Å². The fourth-order valence-electron chi connectivity index (χ4n) is 1.09. The molecule has 0 bridgehead atoms. The maximum Gasteiger partial charge on any atom is 0.132 e. The van der Waals surface area contributed by atoms with Crippen molar-refractivity contribution in [3.05, 3.63) is 45.6 Å². The third-order valence-corrected chi connectivity index (χ3v) is 2.57. The molecular weight excluding hydrogens is 322 g/mol. The molecule has 0 radical (unpaired) electrons. The molecule has 0 fully saturated rings. The van der Waals surface area contributed by atoms with Gasteiger partial charge in [0.1, 0.15) is 20.8 Å². The van der Waals surface area contributed by atoms with E-state index in [2.05, 4.69) is 47.1 Å². The lowest BCUT2D eigenvalue weighted by Gasteiger charge is -2.04. The lowest BCUT2D eigenvalue weighted by Crippen LogP contribution is -1.95. The van der Waals surface area contributed by atoms with Crippen LogP contribution >= 0.6 is 31.9 Å². The maximum absolute atomic E-state index is 4.25. The van der Waals surface area contributed by atoms with Crippen LogP contribution in [-0.2, 0) is 0 Å². The van der Waals surface area contributed by atoms with Crippen molar-refractivity contribution in [1.82, 2.24) is 9.97 Å². The average molecular weight is 329 g/mol. The van der Waals surface area contributed by atoms with Crippen LogP contribution in [-0.4, -0.2) is 9.97 Å². The minimum absolute atomic E-state index is 0.759. The van der Waals surface area contributed by atoms with E-state index in [4.69, 9.17) is 0 Å². The van der Waals surface area contributed by atoms with Crippen molar-refractivity contribution in [1.29, 1.82) is 0 Å². The second kappa shape index (κ2) is 4.72. The zero-order valence-electron chi connectivity index (χ0n) is 7.61. The van der Waals surface area contributed by atoms with Crippen LogP contribution in [0.2, 0.25) is 0 Å². The predicted molar refractivity (Wildman–Crippen MR) is 67.2 cm³/mol. The van der Waals surface area contributed by atoms with Gasteiger partial charge in [-0.25, -0.2) is 9.97 Å². The van der Waals surface area contributed by atoms with E-state index in [0.717, 1.165) is 20.8 Å². The molecule has 0 aliphatic rings. The summed E-state index contributed by atoms with van der Waals surface area (Å²) in [7, 11) is 0. The standard InChI is InChI=1S/C10H7Br2N3/c11-7-3-1-5-9(13-7)15-10-6-2-4-8(12)14-10/h1-6H,(H,13,14,15). The molecule has 0 aromatic carbocycles. The fraction of sp³-hybridized carbons (Fsp3) is 0. The first-order chi connectivity index (χ1) is 7.24. The molecule has 0 aliphatic carbocycles. The molecule has 0 saturated heterocycles. The van der Waals surface area contributed by atoms with Gasteiger partial charge in [-0.15, -0.1) is 0 Å². The van der Waals surface area contributed by atoms with Crippen LogP contribution in [0.4, 0.5) is 11.6 Å². The van der Waals surface area contributed by atoms with Crippen molar-refractivity contribution in [3.8, 4) is 0 Å². The molecule has 0 unspecified atom stereocenters. The minimum Gasteiger partial charge on any atom is -0.325 e. The van der Waals surface area contributed by atoms with Crippen LogP contribution in [0.1, 0.15) is 0 Å². The molecule has 2 heterocycles. The SMILES string of the molecule is Brc1cccc(Nc2cccc(Br)n2)n1. The first-order valence-corrected chi connectivity index (χ1v) is 5.85. The summed E-state index contributed by atoms with van der Waals surface area (Å²) in [5.74, 6) is 1.52. The third kappa shape index (κ3) is 3.00. The number of pyridine rings is 2. The normalized spacial score (nSPS) is 10.0. The summed E-state index contributed by atoms with van der Waals surface area (Å²) in [6.45, 7) is 0. The summed E-state index contributed by atoms with van der Waals surface area (Å²) in [6.07, 6.45) is 0. The van der Waals surface area contributed by atoms with E-state index in [0.29, 0.717) is 0 Å². The smallest absolute Gasteiger partial charge is 0.132 e. The average Bonchev–Trinajstić information content (AvgIpc) is 2.17. The topological polar surface area (TPSA) is 37.8 Å². The molecule has 3 nitrogen and oxygen atoms in total. The van der Waals surface area contributed by atoms with Gasteiger partial charge in [0.15, 0.2) is 0 Å². The van der Waals surface area contributed by atoms with Gasteiger partial charge in [0.2, 0.25) is 0 Å². The monoisotopic (exact) mass is 327 g/mol. The molecule has 0 spiro atoms. The van der Waals surface area contributed by atoms with Crippen molar-refractivity contribution in [2.75, 3.05) is 5.32 Å². The lowest BCUT2D eigenvalue weighted by atomic mass is 10.4. The molecule has 0 saturated carbocycles. The van der Waals surface area contributed by atoms with Crippen LogP contribution < -0.4 is 5.32 Å². The number of hydrogen-bond donors (Lipinski definition) is 1. The number of aromatic nitrogens is 2. The molecule has 5 heteroatoms. The molecule has 15 heavy (non-hydrogen) atoms. The van der Waals surface area contributed by atoms with Crippen LogP contribution in [0.25, 0.3) is 0 Å². The largest absolute Gasteiger partial charge is 0.325 e. The Morgan fingerprint density at radius 1 is 0.800 bits per heavy atom. The van der Waals surface area contributed by atoms with E-state index < -0.39 is 0 Å². The highest BCUT2D eigenvalue weighted by Gasteiger charge is 1.98. The quantitative estimate of drug-likeness (QED) is 0.853. The van der Waals surface area contributed by atoms with Crippen molar-refractivity contribution >= 4 is 43.5 Å². The summed E-state index contributed by atoms with van der Waals surface area (Å²) in [5.41, 5.74) is 0. The fourth-order valence-corrected chi connectivity index (χ4v) is 1.77. The maximum atomic E-state index is 4.25. The Morgan fingerprint density at radius 2 is 1.27 bits per heavy atom. The van der Waals surface area contributed by atoms with Gasteiger partial charge < -0.3 is 5.32 Å². The molecule has 1 N–H and O–H groups in total. The Balaban J connectivity index is 2.22. The Hall–Kier alpha value is -0.940. The minimum atomic E-state index is 0.759. The van der Waals surface area contributed by atoms with E-state index in [1.807, 2.05) is 36.4 Å². The van der Waals surface area contributed by atoms with Gasteiger partial charge in [-0.3, -0.25) is 0 Å². The predicted octanol–water partition coefficient (Wildman–Crippen LogP) is 3.75. The summed E-state index contributed by atoms with van der Waals surface area (Å²) in [4.78, 5) is 8.50. The first kappa shape index (κ1) is 10.6. The Kier molecular flexibility index (Phi) is 3.33. The summed E-state index contributed by atoms with van der Waals surface area (Å²) in [5, 5.41) is 3.10. The number of anilines is 2. The lowest BCUT2D eigenvalue weighted by molar-refractivity contribution is 1.21. The summed E-state index contributed by atoms with van der Waals surface area (Å²) in [6, 6.07) is 11.3. The molecule has 0 aliphatic heterocycles. The highest BCUT2D eigenvalue weighted by molar-refractivity contribution is 9.10. The van der Waals surface area contributed by atoms with Crippen LogP contribution in [0.15, 0.2) is 45.6 Å². The van der Waals surface area contributed by atoms with E-state index in [1.54, 1.807) is 0 Å². The molecule has 2 aromatic rings. The highest BCUT2D eigenvalue weighted by atomic mass is 79.9. The second-order valence-corrected chi connectivity index (χ2v) is 4.44. The highest BCUT2D eigenvalue weighted by Crippen LogP contribution is 2.16. The zero-order chi connectivity index (χ0) is 10.7. The van der Waals surface area contributed by atoms with Gasteiger partial charge in [0.25, 0.3) is 0 Å². The molecule has 76 valence electrons. The molecule has 0 amide bonds. The van der Waals surface area contributed by atoms with Gasteiger partial charge >= 0.3 is 0 Å². The molecule has 2 rings (SSSR count). The van der Waals surface area contributed by atoms with Gasteiger partial charge in [-0.2, -0.15) is 0 Å². The number of halogens is 2. The van der Waals surface area contributed by atoms with Gasteiger partial charge in [-0.05, 0) is 56.1 Å². The molecule has 0 atom stereocenters. The Bertz CT molecular complexity index is 430. The number of rotatable bonds is 2. The van der Waals surface area contributed by atoms with Crippen molar-refractivity contribution in [3.63, 3.8) is 0 Å². The number of hydrogen-bond acceptors (Lipinski definition) is 3. The zero-order valence-corrected chi connectivity index (χ0v) is 10.8. The van der Waals surface area contributed by atoms with E-state index >= 15 is 0 Å². The number of nitrogens with zero attached hydrogens (tertiary/aromatic N) is 2. The van der Waals surface area contributed by atoms with Crippen LogP contribution in [0.3, 0.4) is 0 Å².